The monoisotopic (exact) mass is 223 g/mol. The topological polar surface area (TPSA) is 75.1 Å². The Balaban J connectivity index is 2.59. The highest BCUT2D eigenvalue weighted by atomic mass is 16.4. The van der Waals surface area contributed by atoms with Gasteiger partial charge in [0.05, 0.1) is 5.92 Å². The number of carboxylic acid groups (broad SMARTS) is 1. The van der Waals surface area contributed by atoms with Crippen LogP contribution in [-0.2, 0) is 4.79 Å². The molecule has 2 N–H and O–H groups in total. The lowest BCUT2D eigenvalue weighted by atomic mass is 9.96. The summed E-state index contributed by atoms with van der Waals surface area (Å²) >= 11 is 0. The van der Waals surface area contributed by atoms with Crippen molar-refractivity contribution >= 4 is 11.8 Å². The molecule has 88 valence electrons. The molecule has 0 amide bonds. The van der Waals surface area contributed by atoms with Crippen molar-refractivity contribution in [1.82, 2.24) is 9.97 Å². The van der Waals surface area contributed by atoms with Crippen molar-refractivity contribution in [2.45, 2.75) is 20.8 Å². The van der Waals surface area contributed by atoms with Gasteiger partial charge in [0, 0.05) is 12.7 Å². The van der Waals surface area contributed by atoms with Crippen molar-refractivity contribution in [1.29, 1.82) is 0 Å². The molecule has 0 aliphatic heterocycles. The van der Waals surface area contributed by atoms with E-state index in [1.165, 1.54) is 0 Å². The van der Waals surface area contributed by atoms with E-state index in [4.69, 9.17) is 5.11 Å². The van der Waals surface area contributed by atoms with Crippen LogP contribution in [0.15, 0.2) is 12.3 Å². The lowest BCUT2D eigenvalue weighted by molar-refractivity contribution is -0.142. The number of nitrogens with one attached hydrogen (secondary N) is 1. The summed E-state index contributed by atoms with van der Waals surface area (Å²) in [7, 11) is 0. The second-order valence-corrected chi connectivity index (χ2v) is 4.06. The molecule has 1 rings (SSSR count). The van der Waals surface area contributed by atoms with Crippen molar-refractivity contribution in [3.8, 4) is 0 Å². The van der Waals surface area contributed by atoms with E-state index in [0.29, 0.717) is 18.2 Å². The Labute approximate surface area is 94.9 Å². The molecule has 1 unspecified atom stereocenters. The second kappa shape index (κ2) is 5.44. The minimum absolute atomic E-state index is 0.0907. The molecule has 16 heavy (non-hydrogen) atoms. The summed E-state index contributed by atoms with van der Waals surface area (Å²) in [6.07, 6.45) is 1.65. The Morgan fingerprint density at radius 1 is 1.56 bits per heavy atom. The van der Waals surface area contributed by atoms with Crippen molar-refractivity contribution < 1.29 is 9.90 Å². The first kappa shape index (κ1) is 12.4. The summed E-state index contributed by atoms with van der Waals surface area (Å²) in [4.78, 5) is 19.1. The number of aliphatic carboxylic acids is 1. The highest BCUT2D eigenvalue weighted by Crippen LogP contribution is 2.12. The number of aromatic nitrogens is 2. The number of anilines is 1. The Kier molecular flexibility index (Phi) is 4.22. The van der Waals surface area contributed by atoms with Crippen LogP contribution in [0.1, 0.15) is 19.7 Å². The lowest BCUT2D eigenvalue weighted by Gasteiger charge is -2.16. The molecule has 0 fully saturated rings. The van der Waals surface area contributed by atoms with Gasteiger partial charge in [0.2, 0.25) is 0 Å². The number of hydrogen-bond donors (Lipinski definition) is 2. The fourth-order valence-electron chi connectivity index (χ4n) is 1.38. The predicted molar refractivity (Wildman–Crippen MR) is 61.2 cm³/mol. The van der Waals surface area contributed by atoms with Crippen molar-refractivity contribution in [3.63, 3.8) is 0 Å². The molecule has 0 saturated heterocycles. The van der Waals surface area contributed by atoms with Gasteiger partial charge in [-0.05, 0) is 18.9 Å². The molecule has 0 aliphatic carbocycles. The molecule has 1 aromatic heterocycles. The van der Waals surface area contributed by atoms with Gasteiger partial charge in [-0.3, -0.25) is 4.79 Å². The van der Waals surface area contributed by atoms with Gasteiger partial charge < -0.3 is 10.4 Å². The van der Waals surface area contributed by atoms with Crippen LogP contribution < -0.4 is 5.32 Å². The molecule has 0 saturated carbocycles. The third kappa shape index (κ3) is 3.49. The standard InChI is InChI=1S/C11H17N3O2/c1-7(2)9(11(15)16)6-13-10-4-5-12-8(3)14-10/h4-5,7,9H,6H2,1-3H3,(H,15,16)(H,12,13,14). The van der Waals surface area contributed by atoms with Crippen LogP contribution in [0.2, 0.25) is 0 Å². The number of carbonyl (C=O) groups is 1. The van der Waals surface area contributed by atoms with Gasteiger partial charge in [-0.2, -0.15) is 0 Å². The van der Waals surface area contributed by atoms with Crippen LogP contribution in [-0.4, -0.2) is 27.6 Å². The van der Waals surface area contributed by atoms with Gasteiger partial charge in [0.15, 0.2) is 0 Å². The van der Waals surface area contributed by atoms with Gasteiger partial charge in [-0.25, -0.2) is 9.97 Å². The summed E-state index contributed by atoms with van der Waals surface area (Å²) < 4.78 is 0. The number of aryl methyl sites for hydroxylation is 1. The van der Waals surface area contributed by atoms with Gasteiger partial charge in [-0.15, -0.1) is 0 Å². The predicted octanol–water partition coefficient (Wildman–Crippen LogP) is 1.55. The maximum absolute atomic E-state index is 11.0. The average molecular weight is 223 g/mol. The van der Waals surface area contributed by atoms with Crippen molar-refractivity contribution in [2.24, 2.45) is 11.8 Å². The van der Waals surface area contributed by atoms with E-state index in [0.717, 1.165) is 0 Å². The van der Waals surface area contributed by atoms with Crippen LogP contribution in [0.3, 0.4) is 0 Å². The molecular formula is C11H17N3O2. The van der Waals surface area contributed by atoms with Gasteiger partial charge in [-0.1, -0.05) is 13.8 Å². The van der Waals surface area contributed by atoms with E-state index >= 15 is 0 Å². The Bertz CT molecular complexity index is 366. The first-order valence-corrected chi connectivity index (χ1v) is 5.27. The molecule has 1 atom stereocenters. The maximum atomic E-state index is 11.0. The number of nitrogens with zero attached hydrogens (tertiary/aromatic N) is 2. The Morgan fingerprint density at radius 3 is 2.75 bits per heavy atom. The molecule has 5 heteroatoms. The normalized spacial score (nSPS) is 12.5. The van der Waals surface area contributed by atoms with E-state index in [9.17, 15) is 4.79 Å². The van der Waals surface area contributed by atoms with Crippen molar-refractivity contribution in [3.05, 3.63) is 18.1 Å². The van der Waals surface area contributed by atoms with E-state index in [1.54, 1.807) is 19.2 Å². The smallest absolute Gasteiger partial charge is 0.308 e. The van der Waals surface area contributed by atoms with Crippen LogP contribution in [0.25, 0.3) is 0 Å². The fraction of sp³-hybridized carbons (Fsp3) is 0.545. The van der Waals surface area contributed by atoms with E-state index in [-0.39, 0.29) is 5.92 Å². The molecule has 1 heterocycles. The molecular weight excluding hydrogens is 206 g/mol. The van der Waals surface area contributed by atoms with Crippen LogP contribution >= 0.6 is 0 Å². The third-order valence-electron chi connectivity index (χ3n) is 2.40. The molecule has 0 bridgehead atoms. The molecule has 0 radical (unpaired) electrons. The average Bonchev–Trinajstić information content (AvgIpc) is 2.16. The molecule has 0 aliphatic rings. The van der Waals surface area contributed by atoms with Crippen LogP contribution in [0, 0.1) is 18.8 Å². The number of hydrogen-bond acceptors (Lipinski definition) is 4. The zero-order valence-corrected chi connectivity index (χ0v) is 9.77. The van der Waals surface area contributed by atoms with Gasteiger partial charge in [0.1, 0.15) is 11.6 Å². The highest BCUT2D eigenvalue weighted by Gasteiger charge is 2.20. The molecule has 0 aromatic carbocycles. The molecule has 1 aromatic rings. The summed E-state index contributed by atoms with van der Waals surface area (Å²) in [5.41, 5.74) is 0. The lowest BCUT2D eigenvalue weighted by Crippen LogP contribution is -2.27. The Morgan fingerprint density at radius 2 is 2.25 bits per heavy atom. The van der Waals surface area contributed by atoms with Crippen LogP contribution in [0.4, 0.5) is 5.82 Å². The summed E-state index contributed by atoms with van der Waals surface area (Å²) in [5, 5.41) is 12.0. The number of rotatable bonds is 5. The minimum atomic E-state index is -0.784. The van der Waals surface area contributed by atoms with Gasteiger partial charge >= 0.3 is 5.97 Å². The zero-order valence-electron chi connectivity index (χ0n) is 9.77. The largest absolute Gasteiger partial charge is 0.481 e. The minimum Gasteiger partial charge on any atom is -0.481 e. The fourth-order valence-corrected chi connectivity index (χ4v) is 1.38. The second-order valence-electron chi connectivity index (χ2n) is 4.06. The summed E-state index contributed by atoms with van der Waals surface area (Å²) in [6.45, 7) is 5.96. The summed E-state index contributed by atoms with van der Waals surface area (Å²) in [6, 6.07) is 1.73. The van der Waals surface area contributed by atoms with E-state index < -0.39 is 11.9 Å². The first-order chi connectivity index (χ1) is 7.50. The summed E-state index contributed by atoms with van der Waals surface area (Å²) in [5.74, 6) is 0.234. The quantitative estimate of drug-likeness (QED) is 0.792. The van der Waals surface area contributed by atoms with E-state index in [2.05, 4.69) is 15.3 Å². The third-order valence-corrected chi connectivity index (χ3v) is 2.40. The maximum Gasteiger partial charge on any atom is 0.308 e. The molecule has 0 spiro atoms. The zero-order chi connectivity index (χ0) is 12.1. The highest BCUT2D eigenvalue weighted by molar-refractivity contribution is 5.71. The van der Waals surface area contributed by atoms with Crippen molar-refractivity contribution in [2.75, 3.05) is 11.9 Å². The number of carboxylic acids is 1. The molecule has 5 nitrogen and oxygen atoms in total. The first-order valence-electron chi connectivity index (χ1n) is 5.27. The van der Waals surface area contributed by atoms with Gasteiger partial charge in [0.25, 0.3) is 0 Å². The SMILES string of the molecule is Cc1nccc(NCC(C(=O)O)C(C)C)n1. The van der Waals surface area contributed by atoms with E-state index in [1.807, 2.05) is 13.8 Å². The Hall–Kier alpha value is -1.65. The van der Waals surface area contributed by atoms with Crippen LogP contribution in [0.5, 0.6) is 0 Å².